The van der Waals surface area contributed by atoms with Crippen molar-refractivity contribution in [3.8, 4) is 5.75 Å². The van der Waals surface area contributed by atoms with Crippen LogP contribution in [0.4, 0.5) is 0 Å². The molecule has 0 aromatic heterocycles. The van der Waals surface area contributed by atoms with Crippen LogP contribution >= 0.6 is 0 Å². The summed E-state index contributed by atoms with van der Waals surface area (Å²) in [6, 6.07) is 15.5. The summed E-state index contributed by atoms with van der Waals surface area (Å²) in [6.45, 7) is 5.79. The van der Waals surface area contributed by atoms with E-state index >= 15 is 0 Å². The van der Waals surface area contributed by atoms with Crippen LogP contribution in [0.1, 0.15) is 19.4 Å². The standard InChI is InChI=1S/C22H25NO6S/c1-16-20(22-27-13-21(2,14-28-22)15-29-22)23(16)30(24,25)19-10-8-18(9-11-19)26-12-17-6-4-3-5-7-17/h3-11,16,20H,12-15H2,1-2H3. The summed E-state index contributed by atoms with van der Waals surface area (Å²) in [5, 5.41) is 0. The maximum absolute atomic E-state index is 13.2. The Kier molecular flexibility index (Phi) is 4.68. The zero-order valence-electron chi connectivity index (χ0n) is 17.0. The van der Waals surface area contributed by atoms with E-state index in [4.69, 9.17) is 18.9 Å². The fourth-order valence-electron chi connectivity index (χ4n) is 4.04. The van der Waals surface area contributed by atoms with Gasteiger partial charge in [0.1, 0.15) is 18.4 Å². The molecule has 3 atom stereocenters. The van der Waals surface area contributed by atoms with Crippen LogP contribution in [0.2, 0.25) is 0 Å². The second-order valence-electron chi connectivity index (χ2n) is 8.55. The van der Waals surface area contributed by atoms with Crippen LogP contribution in [-0.2, 0) is 30.8 Å². The number of benzene rings is 2. The predicted molar refractivity (Wildman–Crippen MR) is 108 cm³/mol. The molecular weight excluding hydrogens is 406 g/mol. The van der Waals surface area contributed by atoms with Crippen molar-refractivity contribution in [2.75, 3.05) is 19.8 Å². The summed E-state index contributed by atoms with van der Waals surface area (Å²) in [7, 11) is -3.71. The molecule has 4 fully saturated rings. The number of nitrogens with zero attached hydrogens (tertiary/aromatic N) is 1. The number of rotatable bonds is 6. The second-order valence-corrected chi connectivity index (χ2v) is 10.4. The first-order chi connectivity index (χ1) is 14.3. The summed E-state index contributed by atoms with van der Waals surface area (Å²) in [4.78, 5) is 0.205. The van der Waals surface area contributed by atoms with Crippen molar-refractivity contribution < 1.29 is 27.4 Å². The molecule has 0 aliphatic carbocycles. The lowest BCUT2D eigenvalue weighted by molar-refractivity contribution is -0.466. The van der Waals surface area contributed by atoms with Gasteiger partial charge in [-0.25, -0.2) is 8.42 Å². The average molecular weight is 432 g/mol. The van der Waals surface area contributed by atoms with Crippen LogP contribution < -0.4 is 4.74 Å². The van der Waals surface area contributed by atoms with Gasteiger partial charge in [-0.1, -0.05) is 37.3 Å². The largest absolute Gasteiger partial charge is 0.489 e. The van der Waals surface area contributed by atoms with Gasteiger partial charge in [-0.15, -0.1) is 0 Å². The Balaban J connectivity index is 1.28. The normalized spacial score (nSPS) is 35.2. The Morgan fingerprint density at radius 3 is 2.20 bits per heavy atom. The van der Waals surface area contributed by atoms with Crippen LogP contribution in [0.25, 0.3) is 0 Å². The first-order valence-electron chi connectivity index (χ1n) is 10.1. The predicted octanol–water partition coefficient (Wildman–Crippen LogP) is 2.76. The topological polar surface area (TPSA) is 74.1 Å². The van der Waals surface area contributed by atoms with Gasteiger partial charge in [0.05, 0.1) is 24.7 Å². The maximum atomic E-state index is 13.2. The summed E-state index contributed by atoms with van der Waals surface area (Å²) in [5.74, 6) is -0.691. The minimum atomic E-state index is -3.71. The lowest BCUT2D eigenvalue weighted by Gasteiger charge is -2.50. The van der Waals surface area contributed by atoms with Gasteiger partial charge in [0.2, 0.25) is 10.0 Å². The Bertz CT molecular complexity index is 999. The van der Waals surface area contributed by atoms with E-state index in [0.29, 0.717) is 32.2 Å². The van der Waals surface area contributed by atoms with Gasteiger partial charge in [-0.3, -0.25) is 0 Å². The summed E-state index contributed by atoms with van der Waals surface area (Å²) < 4.78 is 51.1. The van der Waals surface area contributed by atoms with Crippen LogP contribution in [0, 0.1) is 5.41 Å². The van der Waals surface area contributed by atoms with Crippen LogP contribution in [0.15, 0.2) is 59.5 Å². The highest BCUT2D eigenvalue weighted by molar-refractivity contribution is 7.89. The van der Waals surface area contributed by atoms with Crippen molar-refractivity contribution in [3.63, 3.8) is 0 Å². The van der Waals surface area contributed by atoms with Crippen LogP contribution in [-0.4, -0.2) is 50.6 Å². The molecule has 2 aromatic rings. The molecule has 30 heavy (non-hydrogen) atoms. The van der Waals surface area contributed by atoms with Crippen molar-refractivity contribution in [1.29, 1.82) is 0 Å². The SMILES string of the molecule is CC1C(C23OCC(C)(CO2)CO3)N1S(=O)(=O)c1ccc(OCc2ccccc2)cc1. The fraction of sp³-hybridized carbons (Fsp3) is 0.455. The smallest absolute Gasteiger partial charge is 0.302 e. The molecular formula is C22H25NO6S. The van der Waals surface area contributed by atoms with E-state index in [0.717, 1.165) is 5.56 Å². The average Bonchev–Trinajstić information content (AvgIpc) is 3.47. The van der Waals surface area contributed by atoms with Crippen molar-refractivity contribution >= 4 is 10.0 Å². The summed E-state index contributed by atoms with van der Waals surface area (Å²) >= 11 is 0. The fourth-order valence-corrected chi connectivity index (χ4v) is 5.87. The molecule has 0 amide bonds. The highest BCUT2D eigenvalue weighted by Gasteiger charge is 2.69. The number of hydrogen-bond acceptors (Lipinski definition) is 6. The van der Waals surface area contributed by atoms with Gasteiger partial charge in [0.15, 0.2) is 0 Å². The molecule has 4 heterocycles. The zero-order valence-corrected chi connectivity index (χ0v) is 17.8. The van der Waals surface area contributed by atoms with Gasteiger partial charge < -0.3 is 18.9 Å². The molecule has 0 saturated carbocycles. The monoisotopic (exact) mass is 431 g/mol. The van der Waals surface area contributed by atoms with E-state index in [9.17, 15) is 8.42 Å². The second kappa shape index (κ2) is 7.03. The Morgan fingerprint density at radius 1 is 1.00 bits per heavy atom. The van der Waals surface area contributed by atoms with Crippen molar-refractivity contribution in [2.45, 2.75) is 43.4 Å². The molecule has 0 spiro atoms. The lowest BCUT2D eigenvalue weighted by atomic mass is 9.91. The molecule has 6 rings (SSSR count). The van der Waals surface area contributed by atoms with Crippen LogP contribution in [0.3, 0.4) is 0 Å². The van der Waals surface area contributed by atoms with Gasteiger partial charge in [-0.2, -0.15) is 4.31 Å². The minimum Gasteiger partial charge on any atom is -0.489 e. The van der Waals surface area contributed by atoms with E-state index in [-0.39, 0.29) is 16.4 Å². The van der Waals surface area contributed by atoms with E-state index in [1.54, 1.807) is 24.3 Å². The molecule has 0 N–H and O–H groups in total. The van der Waals surface area contributed by atoms with Crippen molar-refractivity contribution in [2.24, 2.45) is 5.41 Å². The van der Waals surface area contributed by atoms with Gasteiger partial charge in [0, 0.05) is 11.5 Å². The first-order valence-corrected chi connectivity index (χ1v) is 11.5. The molecule has 0 radical (unpaired) electrons. The van der Waals surface area contributed by atoms with Crippen molar-refractivity contribution in [1.82, 2.24) is 4.31 Å². The number of fused-ring (bicyclic) bond motifs is 3. The molecule has 2 bridgehead atoms. The Labute approximate surface area is 176 Å². The number of hydrogen-bond donors (Lipinski definition) is 0. The highest BCUT2D eigenvalue weighted by atomic mass is 32.2. The molecule has 4 saturated heterocycles. The Morgan fingerprint density at radius 2 is 1.60 bits per heavy atom. The molecule has 8 heteroatoms. The van der Waals surface area contributed by atoms with Crippen LogP contribution in [0.5, 0.6) is 5.75 Å². The molecule has 7 nitrogen and oxygen atoms in total. The molecule has 160 valence electrons. The third kappa shape index (κ3) is 3.33. The Hall–Kier alpha value is -1.97. The lowest BCUT2D eigenvalue weighted by Crippen LogP contribution is -2.62. The highest BCUT2D eigenvalue weighted by Crippen LogP contribution is 2.50. The van der Waals surface area contributed by atoms with Gasteiger partial charge in [-0.05, 0) is 36.8 Å². The first kappa shape index (κ1) is 20.0. The maximum Gasteiger partial charge on any atom is 0.302 e. The molecule has 2 aromatic carbocycles. The zero-order chi connectivity index (χ0) is 21.0. The summed E-state index contributed by atoms with van der Waals surface area (Å²) in [6.07, 6.45) is 0. The van der Waals surface area contributed by atoms with Crippen molar-refractivity contribution in [3.05, 3.63) is 60.2 Å². The van der Waals surface area contributed by atoms with E-state index in [2.05, 4.69) is 0 Å². The van der Waals surface area contributed by atoms with Gasteiger partial charge in [0.25, 0.3) is 0 Å². The van der Waals surface area contributed by atoms with E-state index in [1.165, 1.54) is 4.31 Å². The third-order valence-corrected chi connectivity index (χ3v) is 7.90. The molecule has 3 unspecified atom stereocenters. The summed E-state index contributed by atoms with van der Waals surface area (Å²) in [5.41, 5.74) is 0.879. The number of ether oxygens (including phenoxy) is 4. The van der Waals surface area contributed by atoms with E-state index in [1.807, 2.05) is 44.2 Å². The molecule has 4 aliphatic rings. The minimum absolute atomic E-state index is 0.167. The third-order valence-electron chi connectivity index (χ3n) is 5.92. The quantitative estimate of drug-likeness (QED) is 0.655. The van der Waals surface area contributed by atoms with Gasteiger partial charge >= 0.3 is 5.97 Å². The molecule has 4 aliphatic heterocycles. The number of sulfonamides is 1. The van der Waals surface area contributed by atoms with E-state index < -0.39 is 22.0 Å².